The summed E-state index contributed by atoms with van der Waals surface area (Å²) in [6, 6.07) is 5.46. The van der Waals surface area contributed by atoms with Crippen LogP contribution in [0.5, 0.6) is 0 Å². The van der Waals surface area contributed by atoms with Gasteiger partial charge >= 0.3 is 0 Å². The van der Waals surface area contributed by atoms with Gasteiger partial charge in [-0.3, -0.25) is 9.59 Å². The standard InChI is InChI=1S/C19H22Cl2N2O2/c1-10-16(12(3)24)11(2)23-17(10)18(25)22-9-19(4,5)13-6-7-14(20)15(21)8-13/h6-8,23H,9H2,1-5H3,(H,22,25). The van der Waals surface area contributed by atoms with Gasteiger partial charge in [-0.25, -0.2) is 0 Å². The Balaban J connectivity index is 2.17. The zero-order valence-electron chi connectivity index (χ0n) is 15.0. The molecule has 0 aliphatic rings. The van der Waals surface area contributed by atoms with Gasteiger partial charge in [0.2, 0.25) is 0 Å². The molecule has 0 spiro atoms. The molecule has 6 heteroatoms. The van der Waals surface area contributed by atoms with Crippen LogP contribution in [0.1, 0.15) is 58.4 Å². The van der Waals surface area contributed by atoms with E-state index in [-0.39, 0.29) is 17.1 Å². The van der Waals surface area contributed by atoms with Crippen molar-refractivity contribution in [2.45, 2.75) is 40.0 Å². The lowest BCUT2D eigenvalue weighted by atomic mass is 9.84. The average Bonchev–Trinajstić information content (AvgIpc) is 2.82. The van der Waals surface area contributed by atoms with Gasteiger partial charge < -0.3 is 10.3 Å². The largest absolute Gasteiger partial charge is 0.354 e. The number of Topliss-reactive ketones (excluding diaryl/α,β-unsaturated/α-hetero) is 1. The summed E-state index contributed by atoms with van der Waals surface area (Å²) in [7, 11) is 0. The van der Waals surface area contributed by atoms with Crippen molar-refractivity contribution in [1.82, 2.24) is 10.3 Å². The number of halogens is 2. The van der Waals surface area contributed by atoms with Crippen LogP contribution >= 0.6 is 23.2 Å². The van der Waals surface area contributed by atoms with E-state index in [1.807, 2.05) is 26.0 Å². The van der Waals surface area contributed by atoms with Gasteiger partial charge in [-0.15, -0.1) is 0 Å². The normalized spacial score (nSPS) is 11.5. The number of aromatic nitrogens is 1. The molecule has 0 atom stereocenters. The molecule has 0 radical (unpaired) electrons. The second kappa shape index (κ2) is 7.22. The summed E-state index contributed by atoms with van der Waals surface area (Å²) in [6.07, 6.45) is 0. The first kappa shape index (κ1) is 19.5. The maximum absolute atomic E-state index is 12.6. The van der Waals surface area contributed by atoms with Crippen molar-refractivity contribution in [3.05, 3.63) is 56.3 Å². The van der Waals surface area contributed by atoms with Crippen molar-refractivity contribution in [3.8, 4) is 0 Å². The highest BCUT2D eigenvalue weighted by molar-refractivity contribution is 6.42. The van der Waals surface area contributed by atoms with Gasteiger partial charge in [-0.2, -0.15) is 0 Å². The predicted molar refractivity (Wildman–Crippen MR) is 102 cm³/mol. The number of rotatable bonds is 5. The van der Waals surface area contributed by atoms with Crippen LogP contribution in [0.25, 0.3) is 0 Å². The van der Waals surface area contributed by atoms with E-state index in [4.69, 9.17) is 23.2 Å². The van der Waals surface area contributed by atoms with Gasteiger partial charge in [-0.05, 0) is 44.0 Å². The molecule has 1 aromatic heterocycles. The Kier molecular flexibility index (Phi) is 5.65. The van der Waals surface area contributed by atoms with Gasteiger partial charge in [0.05, 0.1) is 10.0 Å². The second-order valence-electron chi connectivity index (χ2n) is 6.88. The van der Waals surface area contributed by atoms with Crippen molar-refractivity contribution in [3.63, 3.8) is 0 Å². The lowest BCUT2D eigenvalue weighted by Crippen LogP contribution is -2.37. The Morgan fingerprint density at radius 3 is 2.32 bits per heavy atom. The van der Waals surface area contributed by atoms with Gasteiger partial charge in [0, 0.05) is 23.2 Å². The van der Waals surface area contributed by atoms with Gasteiger partial charge in [0.15, 0.2) is 5.78 Å². The Morgan fingerprint density at radius 1 is 1.16 bits per heavy atom. The topological polar surface area (TPSA) is 62.0 Å². The number of hydrogen-bond donors (Lipinski definition) is 2. The quantitative estimate of drug-likeness (QED) is 0.728. The fourth-order valence-corrected chi connectivity index (χ4v) is 3.21. The van der Waals surface area contributed by atoms with Crippen LogP contribution in [0.4, 0.5) is 0 Å². The van der Waals surface area contributed by atoms with Crippen molar-refractivity contribution in [1.29, 1.82) is 0 Å². The van der Waals surface area contributed by atoms with E-state index in [9.17, 15) is 9.59 Å². The molecular formula is C19H22Cl2N2O2. The molecular weight excluding hydrogens is 359 g/mol. The lowest BCUT2D eigenvalue weighted by molar-refractivity contribution is 0.0940. The average molecular weight is 381 g/mol. The third-order valence-electron chi connectivity index (χ3n) is 4.41. The second-order valence-corrected chi connectivity index (χ2v) is 7.69. The molecule has 0 aliphatic heterocycles. The SMILES string of the molecule is CC(=O)c1c(C)[nH]c(C(=O)NCC(C)(C)c2ccc(Cl)c(Cl)c2)c1C. The third-order valence-corrected chi connectivity index (χ3v) is 5.15. The van der Waals surface area contributed by atoms with E-state index in [1.54, 1.807) is 19.9 Å². The highest BCUT2D eigenvalue weighted by atomic mass is 35.5. The molecule has 0 bridgehead atoms. The Bertz CT molecular complexity index is 838. The minimum atomic E-state index is -0.331. The van der Waals surface area contributed by atoms with E-state index in [2.05, 4.69) is 10.3 Å². The zero-order chi connectivity index (χ0) is 18.9. The number of aromatic amines is 1. The Labute approximate surface area is 157 Å². The molecule has 0 unspecified atom stereocenters. The summed E-state index contributed by atoms with van der Waals surface area (Å²) in [6.45, 7) is 9.51. The van der Waals surface area contributed by atoms with Crippen molar-refractivity contribution >= 4 is 34.9 Å². The Morgan fingerprint density at radius 2 is 1.80 bits per heavy atom. The predicted octanol–water partition coefficient (Wildman–Crippen LogP) is 4.85. The summed E-state index contributed by atoms with van der Waals surface area (Å²) in [5.74, 6) is -0.289. The molecule has 1 amide bonds. The maximum atomic E-state index is 12.6. The molecule has 2 aromatic rings. The van der Waals surface area contributed by atoms with Gasteiger partial charge in [-0.1, -0.05) is 43.1 Å². The minimum Gasteiger partial charge on any atom is -0.354 e. The first-order valence-corrected chi connectivity index (χ1v) is 8.74. The summed E-state index contributed by atoms with van der Waals surface area (Å²) >= 11 is 12.1. The molecule has 25 heavy (non-hydrogen) atoms. The van der Waals surface area contributed by atoms with Gasteiger partial charge in [0.1, 0.15) is 5.69 Å². The smallest absolute Gasteiger partial charge is 0.268 e. The maximum Gasteiger partial charge on any atom is 0.268 e. The summed E-state index contributed by atoms with van der Waals surface area (Å²) < 4.78 is 0. The fourth-order valence-electron chi connectivity index (χ4n) is 2.91. The third kappa shape index (κ3) is 4.07. The van der Waals surface area contributed by atoms with Crippen molar-refractivity contribution in [2.75, 3.05) is 6.54 Å². The summed E-state index contributed by atoms with van der Waals surface area (Å²) in [5.41, 5.74) is 3.03. The number of benzene rings is 1. The van der Waals surface area contributed by atoms with E-state index >= 15 is 0 Å². The number of H-pyrrole nitrogens is 1. The van der Waals surface area contributed by atoms with Crippen molar-refractivity contribution in [2.24, 2.45) is 0 Å². The molecule has 1 heterocycles. The van der Waals surface area contributed by atoms with E-state index < -0.39 is 0 Å². The number of amides is 1. The molecule has 2 rings (SSSR count). The van der Waals surface area contributed by atoms with Crippen LogP contribution in [0.2, 0.25) is 10.0 Å². The number of carbonyl (C=O) groups is 2. The molecule has 0 fully saturated rings. The van der Waals surface area contributed by atoms with Gasteiger partial charge in [0.25, 0.3) is 5.91 Å². The monoisotopic (exact) mass is 380 g/mol. The van der Waals surface area contributed by atoms with E-state index in [1.165, 1.54) is 6.92 Å². The Hall–Kier alpha value is -1.78. The highest BCUT2D eigenvalue weighted by Crippen LogP contribution is 2.29. The number of hydrogen-bond acceptors (Lipinski definition) is 2. The summed E-state index contributed by atoms with van der Waals surface area (Å²) in [5, 5.41) is 3.92. The fraction of sp³-hybridized carbons (Fsp3) is 0.368. The van der Waals surface area contributed by atoms with Crippen LogP contribution in [0, 0.1) is 13.8 Å². The molecule has 2 N–H and O–H groups in total. The number of aryl methyl sites for hydroxylation is 1. The molecule has 0 saturated heterocycles. The van der Waals surface area contributed by atoms with Crippen LogP contribution in [0.15, 0.2) is 18.2 Å². The molecule has 0 aliphatic carbocycles. The number of ketones is 1. The first-order chi connectivity index (χ1) is 11.5. The zero-order valence-corrected chi connectivity index (χ0v) is 16.5. The van der Waals surface area contributed by atoms with Crippen LogP contribution in [-0.2, 0) is 5.41 Å². The minimum absolute atomic E-state index is 0.0542. The first-order valence-electron chi connectivity index (χ1n) is 7.98. The van der Waals surface area contributed by atoms with Crippen LogP contribution < -0.4 is 5.32 Å². The lowest BCUT2D eigenvalue weighted by Gasteiger charge is -2.26. The highest BCUT2D eigenvalue weighted by Gasteiger charge is 2.25. The van der Waals surface area contributed by atoms with E-state index in [0.29, 0.717) is 39.1 Å². The van der Waals surface area contributed by atoms with E-state index in [0.717, 1.165) is 5.56 Å². The van der Waals surface area contributed by atoms with Crippen molar-refractivity contribution < 1.29 is 9.59 Å². The van der Waals surface area contributed by atoms with Crippen LogP contribution in [-0.4, -0.2) is 23.2 Å². The molecule has 4 nitrogen and oxygen atoms in total. The molecule has 1 aromatic carbocycles. The molecule has 0 saturated carbocycles. The number of nitrogens with one attached hydrogen (secondary N) is 2. The van der Waals surface area contributed by atoms with Crippen LogP contribution in [0.3, 0.4) is 0 Å². The number of carbonyl (C=O) groups excluding carboxylic acids is 2. The summed E-state index contributed by atoms with van der Waals surface area (Å²) in [4.78, 5) is 27.3. The molecule has 134 valence electrons.